The number of carboxylic acid groups (broad SMARTS) is 1. The van der Waals surface area contributed by atoms with Gasteiger partial charge in [-0.2, -0.15) is 0 Å². The van der Waals surface area contributed by atoms with Crippen LogP contribution in [0, 0.1) is 0 Å². The molecule has 0 amide bonds. The number of carbonyl (C=O) groups is 1. The minimum atomic E-state index is -3.32. The van der Waals surface area contributed by atoms with E-state index in [1.807, 2.05) is 0 Å². The SMILES string of the molecule is [2H]O[C@H](CC(=O)O)C([2H])([2H])[N+](C)(C([2H])([2H])[2H])C([2H])([2H])[2H]. The first-order valence-electron chi connectivity index (χ1n) is 7.24. The van der Waals surface area contributed by atoms with Gasteiger partial charge in [-0.05, 0) is 0 Å². The second-order valence-electron chi connectivity index (χ2n) is 2.22. The maximum atomic E-state index is 10.6. The predicted molar refractivity (Wildman–Crippen MR) is 41.2 cm³/mol. The van der Waals surface area contributed by atoms with Gasteiger partial charge in [-0.1, -0.05) is 0 Å². The van der Waals surface area contributed by atoms with E-state index in [4.69, 9.17) is 17.5 Å². The highest BCUT2D eigenvalue weighted by molar-refractivity contribution is 5.67. The first-order chi connectivity index (χ1) is 8.63. The van der Waals surface area contributed by atoms with E-state index in [0.717, 1.165) is 0 Å². The average Bonchev–Trinajstić information content (AvgIpc) is 2.20. The van der Waals surface area contributed by atoms with Crippen LogP contribution in [-0.2, 0) is 4.79 Å². The molecule has 0 aliphatic heterocycles. The standard InChI is InChI=1S/C7H15NO3/c1-8(2,3)5-6(9)4-7(10)11/h6,9H,4-5H2,1-3H3/p+1/t6-/m1/s1/i1D3,2D3,5D2,9D. The molecule has 0 saturated carbocycles. The van der Waals surface area contributed by atoms with E-state index in [-0.39, 0.29) is 0 Å². The molecule has 0 saturated heterocycles. The zero-order valence-electron chi connectivity index (χ0n) is 15.0. The molecule has 0 fully saturated rings. The molecule has 0 rings (SSSR count). The number of hydrogen-bond donors (Lipinski definition) is 2. The Kier molecular flexibility index (Phi) is 0.908. The van der Waals surface area contributed by atoms with Gasteiger partial charge >= 0.3 is 5.97 Å². The number of aliphatic hydroxyl groups is 1. The summed E-state index contributed by atoms with van der Waals surface area (Å²) >= 11 is 0. The van der Waals surface area contributed by atoms with Crippen LogP contribution in [0.1, 0.15) is 17.4 Å². The first-order valence-corrected chi connectivity index (χ1v) is 2.83. The first kappa shape index (κ1) is 2.71. The van der Waals surface area contributed by atoms with Crippen LogP contribution in [-0.4, -0.2) is 55.7 Å². The third-order valence-electron chi connectivity index (χ3n) is 0.762. The normalized spacial score (nSPS) is 30.1. The van der Waals surface area contributed by atoms with Gasteiger partial charge in [-0.3, -0.25) is 4.79 Å². The Morgan fingerprint density at radius 3 is 2.91 bits per heavy atom. The van der Waals surface area contributed by atoms with Crippen LogP contribution in [0.4, 0.5) is 0 Å². The average molecular weight is 171 g/mol. The number of nitrogens with zero attached hydrogens (tertiary/aromatic N) is 1. The van der Waals surface area contributed by atoms with E-state index < -0.39 is 43.4 Å². The van der Waals surface area contributed by atoms with Crippen LogP contribution < -0.4 is 0 Å². The fourth-order valence-electron chi connectivity index (χ4n) is 0.492. The summed E-state index contributed by atoms with van der Waals surface area (Å²) in [5, 5.41) is 12.6. The molecule has 0 aromatic rings. The molecule has 0 bridgehead atoms. The summed E-state index contributed by atoms with van der Waals surface area (Å²) in [4.78, 5) is 10.6. The number of carboxylic acids is 1. The van der Waals surface area contributed by atoms with Crippen molar-refractivity contribution >= 4 is 5.97 Å². The highest BCUT2D eigenvalue weighted by Crippen LogP contribution is 1.98. The van der Waals surface area contributed by atoms with Crippen LogP contribution in [0.15, 0.2) is 0 Å². The Bertz CT molecular complexity index is 350. The van der Waals surface area contributed by atoms with Gasteiger partial charge in [0.25, 0.3) is 0 Å². The Balaban J connectivity index is 5.97. The second kappa shape index (κ2) is 3.69. The van der Waals surface area contributed by atoms with E-state index >= 15 is 0 Å². The summed E-state index contributed by atoms with van der Waals surface area (Å²) in [6.07, 6.45) is -3.11. The second-order valence-corrected chi connectivity index (χ2v) is 2.22. The molecule has 4 nitrogen and oxygen atoms in total. The van der Waals surface area contributed by atoms with Crippen LogP contribution in [0.5, 0.6) is 0 Å². The van der Waals surface area contributed by atoms with Crippen LogP contribution in [0.2, 0.25) is 0 Å². The molecule has 0 radical (unpaired) electrons. The highest BCUT2D eigenvalue weighted by atomic mass is 16.4. The molecule has 1 atom stereocenters. The molecule has 0 spiro atoms. The quantitative estimate of drug-likeness (QED) is 0.550. The largest absolute Gasteiger partial charge is 0.481 e. The Morgan fingerprint density at radius 1 is 1.91 bits per heavy atom. The van der Waals surface area contributed by atoms with Gasteiger partial charge in [0.1, 0.15) is 12.6 Å². The Labute approximate surface area is 79.4 Å². The predicted octanol–water partition coefficient (Wildman–Crippen LogP) is -0.472. The smallest absolute Gasteiger partial charge is 0.306 e. The molecular formula is C7H16NO3+. The van der Waals surface area contributed by atoms with Crippen LogP contribution in [0.25, 0.3) is 0 Å². The highest BCUT2D eigenvalue weighted by Gasteiger charge is 2.17. The minimum absolute atomic E-state index is 0.619. The van der Waals surface area contributed by atoms with Gasteiger partial charge in [0.15, 0.2) is 0 Å². The number of rotatable bonds is 5. The third-order valence-corrected chi connectivity index (χ3v) is 0.762. The zero-order valence-corrected chi connectivity index (χ0v) is 6.00. The number of likely N-dealkylation sites (N-methyl/N-ethyl adjacent to an activating group) is 1. The molecule has 0 unspecified atom stereocenters. The van der Waals surface area contributed by atoms with E-state index in [0.29, 0.717) is 7.05 Å². The van der Waals surface area contributed by atoms with Crippen LogP contribution in [0.3, 0.4) is 0 Å². The lowest BCUT2D eigenvalue weighted by atomic mass is 10.2. The number of aliphatic hydroxyl groups excluding tert-OH is 1. The monoisotopic (exact) mass is 171 g/mol. The molecule has 0 heterocycles. The lowest BCUT2D eigenvalue weighted by Gasteiger charge is -2.25. The Morgan fingerprint density at radius 2 is 2.55 bits per heavy atom. The lowest BCUT2D eigenvalue weighted by Crippen LogP contribution is -2.42. The van der Waals surface area contributed by atoms with E-state index in [1.54, 1.807) is 0 Å². The molecule has 0 aliphatic rings. The van der Waals surface area contributed by atoms with Gasteiger partial charge in [0, 0.05) is 0 Å². The van der Waals surface area contributed by atoms with Crippen molar-refractivity contribution in [1.82, 2.24) is 0 Å². The van der Waals surface area contributed by atoms with E-state index in [9.17, 15) is 4.79 Å². The summed E-state index contributed by atoms with van der Waals surface area (Å²) in [6, 6.07) is 0. The number of hydrogen-bond acceptors (Lipinski definition) is 2. The third kappa shape index (κ3) is 7.29. The maximum Gasteiger partial charge on any atom is 0.306 e. The fraction of sp³-hybridized carbons (Fsp3) is 0.857. The molecule has 11 heavy (non-hydrogen) atoms. The van der Waals surface area contributed by atoms with Crippen molar-refractivity contribution < 1.29 is 30.5 Å². The molecule has 4 heteroatoms. The van der Waals surface area contributed by atoms with Crippen molar-refractivity contribution in [2.75, 3.05) is 27.5 Å². The van der Waals surface area contributed by atoms with Crippen molar-refractivity contribution in [3.63, 3.8) is 0 Å². The minimum Gasteiger partial charge on any atom is -0.481 e. The van der Waals surface area contributed by atoms with Crippen molar-refractivity contribution in [3.05, 3.63) is 0 Å². The van der Waals surface area contributed by atoms with Gasteiger partial charge in [0.05, 0.1) is 38.4 Å². The van der Waals surface area contributed by atoms with Crippen LogP contribution >= 0.6 is 0 Å². The Hall–Kier alpha value is -0.610. The summed E-state index contributed by atoms with van der Waals surface area (Å²) in [7, 11) is 0.619. The fourth-order valence-corrected chi connectivity index (χ4v) is 0.492. The maximum absolute atomic E-state index is 10.6. The van der Waals surface area contributed by atoms with Gasteiger partial charge < -0.3 is 14.7 Å². The van der Waals surface area contributed by atoms with Crippen molar-refractivity contribution in [2.24, 2.45) is 0 Å². The molecule has 0 aromatic heterocycles. The number of aliphatic carboxylic acids is 1. The van der Waals surface area contributed by atoms with Gasteiger partial charge in [-0.25, -0.2) is 0 Å². The van der Waals surface area contributed by atoms with Crippen molar-refractivity contribution in [1.29, 1.82) is 1.43 Å². The summed E-state index contributed by atoms with van der Waals surface area (Å²) in [6.45, 7) is -9.79. The molecule has 0 aromatic carbocycles. The molecule has 66 valence electrons. The van der Waals surface area contributed by atoms with Gasteiger partial charge in [-0.15, -0.1) is 0 Å². The molecule has 0 aliphatic carbocycles. The number of quaternary nitrogens is 1. The summed E-state index contributed by atoms with van der Waals surface area (Å²) < 4.78 is 63.9. The van der Waals surface area contributed by atoms with Gasteiger partial charge in [0.2, 0.25) is 1.43 Å². The van der Waals surface area contributed by atoms with E-state index in [2.05, 4.69) is 5.11 Å². The van der Waals surface area contributed by atoms with E-state index in [1.165, 1.54) is 0 Å². The topological polar surface area (TPSA) is 57.5 Å². The summed E-state index contributed by atoms with van der Waals surface area (Å²) in [5.41, 5.74) is 0. The molecule has 2 N–H and O–H groups in total. The van der Waals surface area contributed by atoms with Crippen molar-refractivity contribution in [3.8, 4) is 0 Å². The zero-order chi connectivity index (χ0) is 16.6. The van der Waals surface area contributed by atoms with Crippen molar-refractivity contribution in [2.45, 2.75) is 12.5 Å². The molecular weight excluding hydrogens is 146 g/mol. The summed E-state index contributed by atoms with van der Waals surface area (Å²) in [5.74, 6) is -1.55. The lowest BCUT2D eigenvalue weighted by molar-refractivity contribution is -0.873.